The summed E-state index contributed by atoms with van der Waals surface area (Å²) in [5, 5.41) is 1.09. The molecule has 1 unspecified atom stereocenters. The van der Waals surface area contributed by atoms with Gasteiger partial charge < -0.3 is 9.41 Å². The summed E-state index contributed by atoms with van der Waals surface area (Å²) in [6, 6.07) is 28.6. The van der Waals surface area contributed by atoms with Crippen molar-refractivity contribution in [1.82, 2.24) is 0 Å². The van der Waals surface area contributed by atoms with Gasteiger partial charge in [0.15, 0.2) is 6.34 Å². The molecule has 0 saturated carbocycles. The molecule has 3 aromatic carbocycles. The van der Waals surface area contributed by atoms with Crippen LogP contribution in [0, 0.1) is 0 Å². The summed E-state index contributed by atoms with van der Waals surface area (Å²) in [6.45, 7) is 0.636. The molecular weight excluding hydrogens is 391 g/mol. The zero-order valence-electron chi connectivity index (χ0n) is 14.9. The summed E-state index contributed by atoms with van der Waals surface area (Å²) in [4.78, 5) is 0.851. The van der Waals surface area contributed by atoms with Crippen LogP contribution in [0.1, 0.15) is 0 Å². The molecule has 0 aromatic heterocycles. The third-order valence-corrected chi connectivity index (χ3v) is 9.76. The van der Waals surface area contributed by atoms with Crippen LogP contribution < -0.4 is 19.4 Å². The van der Waals surface area contributed by atoms with Crippen molar-refractivity contribution in [3.63, 3.8) is 0 Å². The first-order chi connectivity index (χ1) is 13.1. The van der Waals surface area contributed by atoms with Crippen molar-refractivity contribution in [2.75, 3.05) is 23.0 Å². The van der Waals surface area contributed by atoms with Gasteiger partial charge in [-0.3, -0.25) is 4.67 Å². The van der Waals surface area contributed by atoms with E-state index in [2.05, 4.69) is 45.7 Å². The van der Waals surface area contributed by atoms with Crippen molar-refractivity contribution in [2.45, 2.75) is 0 Å². The molecule has 0 bridgehead atoms. The molecule has 27 heavy (non-hydrogen) atoms. The standard InChI is InChI=1S/C21H19N2OPS2/c1-24-19-12-14-20(15-13-19)25(27)22(17-8-4-2-5-9-17)16-21(26)23(25)18-10-6-3-7-11-18/h2-15H,16H2,1H3. The van der Waals surface area contributed by atoms with Crippen molar-refractivity contribution < 1.29 is 4.74 Å². The predicted molar refractivity (Wildman–Crippen MR) is 122 cm³/mol. The molecule has 1 atom stereocenters. The molecule has 0 amide bonds. The Morgan fingerprint density at radius 1 is 0.815 bits per heavy atom. The van der Waals surface area contributed by atoms with E-state index in [0.717, 1.165) is 27.4 Å². The minimum atomic E-state index is -2.37. The summed E-state index contributed by atoms with van der Waals surface area (Å²) in [7, 11) is 1.67. The summed E-state index contributed by atoms with van der Waals surface area (Å²) in [5.41, 5.74) is 2.14. The average Bonchev–Trinajstić information content (AvgIpc) is 3.01. The van der Waals surface area contributed by atoms with Crippen LogP contribution in [0.15, 0.2) is 84.9 Å². The number of methoxy groups -OCH3 is 1. The summed E-state index contributed by atoms with van der Waals surface area (Å²) < 4.78 is 9.81. The molecule has 3 nitrogen and oxygen atoms in total. The third kappa shape index (κ3) is 3.16. The fourth-order valence-corrected chi connectivity index (χ4v) is 8.39. The van der Waals surface area contributed by atoms with E-state index in [4.69, 9.17) is 28.8 Å². The van der Waals surface area contributed by atoms with Crippen LogP contribution >= 0.6 is 18.6 Å². The second-order valence-corrected chi connectivity index (χ2v) is 10.7. The van der Waals surface area contributed by atoms with Crippen molar-refractivity contribution in [2.24, 2.45) is 0 Å². The first kappa shape index (κ1) is 18.2. The molecule has 0 N–H and O–H groups in total. The van der Waals surface area contributed by atoms with Gasteiger partial charge in [-0.25, -0.2) is 0 Å². The number of thiocarbonyl (C=S) groups is 1. The first-order valence-corrected chi connectivity index (χ1v) is 11.7. The molecule has 4 rings (SSSR count). The Bertz CT molecular complexity index is 994. The number of hydrogen-bond acceptors (Lipinski definition) is 3. The van der Waals surface area contributed by atoms with Crippen molar-refractivity contribution in [1.29, 1.82) is 0 Å². The van der Waals surface area contributed by atoms with E-state index < -0.39 is 6.34 Å². The number of anilines is 2. The van der Waals surface area contributed by atoms with Crippen molar-refractivity contribution >= 4 is 52.0 Å². The van der Waals surface area contributed by atoms with Crippen LogP contribution in [0.3, 0.4) is 0 Å². The molecule has 0 spiro atoms. The lowest BCUT2D eigenvalue weighted by Gasteiger charge is -2.36. The molecule has 1 aliphatic heterocycles. The molecular formula is C21H19N2OPS2. The van der Waals surface area contributed by atoms with Crippen LogP contribution in [-0.2, 0) is 11.8 Å². The highest BCUT2D eigenvalue weighted by Gasteiger charge is 2.43. The lowest BCUT2D eigenvalue weighted by molar-refractivity contribution is 0.415. The maximum absolute atomic E-state index is 6.43. The lowest BCUT2D eigenvalue weighted by atomic mass is 10.3. The average molecular weight is 411 g/mol. The van der Waals surface area contributed by atoms with Gasteiger partial charge in [-0.05, 0) is 60.3 Å². The van der Waals surface area contributed by atoms with E-state index in [1.807, 2.05) is 48.5 Å². The van der Waals surface area contributed by atoms with E-state index in [-0.39, 0.29) is 0 Å². The van der Waals surface area contributed by atoms with Crippen molar-refractivity contribution in [3.8, 4) is 5.75 Å². The monoisotopic (exact) mass is 410 g/mol. The van der Waals surface area contributed by atoms with Gasteiger partial charge >= 0.3 is 0 Å². The number of hydrogen-bond donors (Lipinski definition) is 0. The van der Waals surface area contributed by atoms with Crippen molar-refractivity contribution in [3.05, 3.63) is 84.9 Å². The Morgan fingerprint density at radius 2 is 1.37 bits per heavy atom. The van der Waals surface area contributed by atoms with Gasteiger partial charge in [0.1, 0.15) is 10.7 Å². The van der Waals surface area contributed by atoms with Crippen LogP contribution in [0.2, 0.25) is 0 Å². The molecule has 0 aliphatic carbocycles. The van der Waals surface area contributed by atoms with Gasteiger partial charge in [-0.1, -0.05) is 48.6 Å². The van der Waals surface area contributed by atoms with Gasteiger partial charge in [0.05, 0.1) is 13.7 Å². The molecule has 6 heteroatoms. The SMILES string of the molecule is COc1ccc(P2(=S)N(c3ccccc3)CC(=S)N2c2ccccc2)cc1. The largest absolute Gasteiger partial charge is 0.497 e. The molecule has 0 radical (unpaired) electrons. The highest BCUT2D eigenvalue weighted by molar-refractivity contribution is 8.20. The Hall–Kier alpha value is -2.20. The molecule has 3 aromatic rings. The highest BCUT2D eigenvalue weighted by atomic mass is 32.4. The normalized spacial score (nSPS) is 19.4. The Morgan fingerprint density at radius 3 is 1.93 bits per heavy atom. The fraction of sp³-hybridized carbons (Fsp3) is 0.0952. The third-order valence-electron chi connectivity index (χ3n) is 4.58. The van der Waals surface area contributed by atoms with E-state index in [1.165, 1.54) is 0 Å². The van der Waals surface area contributed by atoms with Crippen LogP contribution in [0.4, 0.5) is 11.4 Å². The number of rotatable bonds is 4. The molecule has 136 valence electrons. The van der Waals surface area contributed by atoms with Crippen LogP contribution in [0.25, 0.3) is 0 Å². The minimum Gasteiger partial charge on any atom is -0.497 e. The number of para-hydroxylation sites is 2. The van der Waals surface area contributed by atoms with E-state index in [9.17, 15) is 0 Å². The summed E-state index contributed by atoms with van der Waals surface area (Å²) >= 11 is 12.2. The highest BCUT2D eigenvalue weighted by Crippen LogP contribution is 2.60. The van der Waals surface area contributed by atoms with Gasteiger partial charge in [-0.2, -0.15) is 0 Å². The smallest absolute Gasteiger partial charge is 0.158 e. The van der Waals surface area contributed by atoms with E-state index >= 15 is 0 Å². The minimum absolute atomic E-state index is 0.636. The predicted octanol–water partition coefficient (Wildman–Crippen LogP) is 4.98. The summed E-state index contributed by atoms with van der Waals surface area (Å²) in [6.07, 6.45) is -2.37. The van der Waals surface area contributed by atoms with E-state index in [1.54, 1.807) is 7.11 Å². The maximum atomic E-state index is 6.43. The lowest BCUT2D eigenvalue weighted by Crippen LogP contribution is -2.27. The topological polar surface area (TPSA) is 15.7 Å². The van der Waals surface area contributed by atoms with Crippen LogP contribution in [0.5, 0.6) is 5.75 Å². The molecule has 1 heterocycles. The second-order valence-electron chi connectivity index (χ2n) is 6.18. The van der Waals surface area contributed by atoms with Gasteiger partial charge in [0.2, 0.25) is 0 Å². The Kier molecular flexibility index (Phi) is 5.00. The van der Waals surface area contributed by atoms with Crippen LogP contribution in [-0.4, -0.2) is 18.6 Å². The maximum Gasteiger partial charge on any atom is 0.158 e. The van der Waals surface area contributed by atoms with Gasteiger partial charge in [-0.15, -0.1) is 0 Å². The second kappa shape index (κ2) is 7.43. The number of ether oxygens (including phenoxy) is 1. The number of benzene rings is 3. The zero-order chi connectivity index (χ0) is 18.9. The van der Waals surface area contributed by atoms with E-state index in [0.29, 0.717) is 6.54 Å². The number of nitrogens with zero attached hydrogens (tertiary/aromatic N) is 2. The van der Waals surface area contributed by atoms with Gasteiger partial charge in [0, 0.05) is 16.7 Å². The molecule has 1 saturated heterocycles. The first-order valence-electron chi connectivity index (χ1n) is 8.61. The zero-order valence-corrected chi connectivity index (χ0v) is 17.4. The summed E-state index contributed by atoms with van der Waals surface area (Å²) in [5.74, 6) is 0.819. The Balaban J connectivity index is 1.90. The van der Waals surface area contributed by atoms with Gasteiger partial charge in [0.25, 0.3) is 0 Å². The quantitative estimate of drug-likeness (QED) is 0.444. The molecule has 1 fully saturated rings. The molecule has 1 aliphatic rings. The Labute approximate surface area is 170 Å². The fourth-order valence-electron chi connectivity index (χ4n) is 3.30.